The highest BCUT2D eigenvalue weighted by atomic mass is 19.1. The summed E-state index contributed by atoms with van der Waals surface area (Å²) < 4.78 is 32.7. The molecule has 3 rings (SSSR count). The van der Waals surface area contributed by atoms with Gasteiger partial charge in [-0.1, -0.05) is 0 Å². The lowest BCUT2D eigenvalue weighted by Gasteiger charge is -2.16. The van der Waals surface area contributed by atoms with Crippen LogP contribution in [0.1, 0.15) is 17.9 Å². The summed E-state index contributed by atoms with van der Waals surface area (Å²) in [4.78, 5) is 0. The number of halogens is 2. The first-order valence-electron chi connectivity index (χ1n) is 5.59. The molecular weight excluding hydrogens is 212 g/mol. The zero-order valence-corrected chi connectivity index (χ0v) is 8.80. The summed E-state index contributed by atoms with van der Waals surface area (Å²) in [5.74, 6) is -0.275. The molecular formula is C12H13F2NO. The van der Waals surface area contributed by atoms with E-state index in [0.717, 1.165) is 19.0 Å². The molecule has 1 aromatic rings. The molecule has 1 saturated heterocycles. The molecule has 86 valence electrons. The maximum absolute atomic E-state index is 13.8. The molecule has 0 amide bonds. The molecule has 2 aliphatic rings. The van der Waals surface area contributed by atoms with Gasteiger partial charge in [0.2, 0.25) is 0 Å². The maximum atomic E-state index is 13.8. The molecule has 16 heavy (non-hydrogen) atoms. The molecule has 2 aliphatic heterocycles. The van der Waals surface area contributed by atoms with Crippen LogP contribution in [0.5, 0.6) is 5.75 Å². The van der Waals surface area contributed by atoms with Gasteiger partial charge < -0.3 is 10.1 Å². The van der Waals surface area contributed by atoms with Crippen LogP contribution in [0.15, 0.2) is 12.1 Å². The zero-order chi connectivity index (χ0) is 11.1. The maximum Gasteiger partial charge on any atom is 0.165 e. The SMILES string of the molecule is Fc1ccc(F)c2c1OCCC1CNCC21. The molecule has 0 aromatic heterocycles. The molecule has 1 fully saturated rings. The summed E-state index contributed by atoms with van der Waals surface area (Å²) in [5, 5.41) is 3.23. The fourth-order valence-corrected chi connectivity index (χ4v) is 2.73. The van der Waals surface area contributed by atoms with Crippen LogP contribution in [0, 0.1) is 17.6 Å². The van der Waals surface area contributed by atoms with Crippen LogP contribution in [0.2, 0.25) is 0 Å². The van der Waals surface area contributed by atoms with Crippen molar-refractivity contribution < 1.29 is 13.5 Å². The molecule has 0 spiro atoms. The van der Waals surface area contributed by atoms with E-state index in [0.29, 0.717) is 24.6 Å². The van der Waals surface area contributed by atoms with Crippen LogP contribution in [0.25, 0.3) is 0 Å². The first-order valence-corrected chi connectivity index (χ1v) is 5.59. The van der Waals surface area contributed by atoms with Crippen LogP contribution in [-0.2, 0) is 0 Å². The third-order valence-electron chi connectivity index (χ3n) is 3.54. The monoisotopic (exact) mass is 225 g/mol. The summed E-state index contributed by atoms with van der Waals surface area (Å²) in [6.07, 6.45) is 0.852. The van der Waals surface area contributed by atoms with Crippen LogP contribution >= 0.6 is 0 Å². The lowest BCUT2D eigenvalue weighted by atomic mass is 9.87. The second kappa shape index (κ2) is 3.70. The minimum absolute atomic E-state index is 0.0493. The number of nitrogens with one attached hydrogen (secondary N) is 1. The van der Waals surface area contributed by atoms with Crippen molar-refractivity contribution in [3.05, 3.63) is 29.3 Å². The third kappa shape index (κ3) is 1.40. The number of ether oxygens (including phenoxy) is 1. The normalized spacial score (nSPS) is 27.9. The first kappa shape index (κ1) is 10.0. The summed E-state index contributed by atoms with van der Waals surface area (Å²) in [6, 6.07) is 2.33. The van der Waals surface area contributed by atoms with Crippen LogP contribution < -0.4 is 10.1 Å². The first-order chi connectivity index (χ1) is 7.77. The van der Waals surface area contributed by atoms with Crippen molar-refractivity contribution in [2.24, 2.45) is 5.92 Å². The Morgan fingerprint density at radius 1 is 1.19 bits per heavy atom. The fourth-order valence-electron chi connectivity index (χ4n) is 2.73. The Hall–Kier alpha value is -1.16. The average Bonchev–Trinajstić information content (AvgIpc) is 2.64. The molecule has 4 heteroatoms. The van der Waals surface area contributed by atoms with Crippen LogP contribution in [-0.4, -0.2) is 19.7 Å². The number of hydrogen-bond donors (Lipinski definition) is 1. The third-order valence-corrected chi connectivity index (χ3v) is 3.54. The van der Waals surface area contributed by atoms with E-state index in [1.807, 2.05) is 0 Å². The number of rotatable bonds is 0. The minimum atomic E-state index is -0.455. The standard InChI is InChI=1S/C12H13F2NO/c13-9-1-2-10(14)12-11(9)8-6-15-5-7(8)3-4-16-12/h1-2,7-8,15H,3-6H2. The topological polar surface area (TPSA) is 21.3 Å². The lowest BCUT2D eigenvalue weighted by molar-refractivity contribution is 0.284. The minimum Gasteiger partial charge on any atom is -0.490 e. The van der Waals surface area contributed by atoms with E-state index < -0.39 is 5.82 Å². The van der Waals surface area contributed by atoms with Crippen molar-refractivity contribution in [3.63, 3.8) is 0 Å². The molecule has 2 unspecified atom stereocenters. The molecule has 2 heterocycles. The van der Waals surface area contributed by atoms with Crippen molar-refractivity contribution in [1.82, 2.24) is 5.32 Å². The molecule has 2 nitrogen and oxygen atoms in total. The number of fused-ring (bicyclic) bond motifs is 3. The van der Waals surface area contributed by atoms with Crippen LogP contribution in [0.4, 0.5) is 8.78 Å². The van der Waals surface area contributed by atoms with Gasteiger partial charge in [0.15, 0.2) is 11.6 Å². The van der Waals surface area contributed by atoms with E-state index in [9.17, 15) is 8.78 Å². The largest absolute Gasteiger partial charge is 0.490 e. The van der Waals surface area contributed by atoms with E-state index in [1.54, 1.807) is 0 Å². The molecule has 2 atom stereocenters. The Morgan fingerprint density at radius 3 is 2.88 bits per heavy atom. The van der Waals surface area contributed by atoms with Crippen molar-refractivity contribution in [2.45, 2.75) is 12.3 Å². The zero-order valence-electron chi connectivity index (χ0n) is 8.80. The second-order valence-corrected chi connectivity index (χ2v) is 4.43. The summed E-state index contributed by atoms with van der Waals surface area (Å²) in [5.41, 5.74) is 0.424. The van der Waals surface area contributed by atoms with Gasteiger partial charge in [-0.25, -0.2) is 8.78 Å². The quantitative estimate of drug-likeness (QED) is 0.729. The van der Waals surface area contributed by atoms with Gasteiger partial charge in [0, 0.05) is 18.0 Å². The number of benzene rings is 1. The summed E-state index contributed by atoms with van der Waals surface area (Å²) in [7, 11) is 0. The number of hydrogen-bond acceptors (Lipinski definition) is 2. The van der Waals surface area contributed by atoms with E-state index in [4.69, 9.17) is 4.74 Å². The second-order valence-electron chi connectivity index (χ2n) is 4.43. The van der Waals surface area contributed by atoms with Gasteiger partial charge in [0.1, 0.15) is 5.82 Å². The Morgan fingerprint density at radius 2 is 2.00 bits per heavy atom. The van der Waals surface area contributed by atoms with Gasteiger partial charge in [-0.2, -0.15) is 0 Å². The van der Waals surface area contributed by atoms with Crippen molar-refractivity contribution in [2.75, 3.05) is 19.7 Å². The molecule has 1 aromatic carbocycles. The van der Waals surface area contributed by atoms with E-state index in [-0.39, 0.29) is 17.5 Å². The van der Waals surface area contributed by atoms with Crippen molar-refractivity contribution in [3.8, 4) is 5.75 Å². The van der Waals surface area contributed by atoms with Gasteiger partial charge in [0.05, 0.1) is 6.61 Å². The van der Waals surface area contributed by atoms with Gasteiger partial charge in [-0.3, -0.25) is 0 Å². The summed E-state index contributed by atoms with van der Waals surface area (Å²) >= 11 is 0. The van der Waals surface area contributed by atoms with Crippen molar-refractivity contribution >= 4 is 0 Å². The predicted molar refractivity (Wildman–Crippen MR) is 55.6 cm³/mol. The lowest BCUT2D eigenvalue weighted by Crippen LogP contribution is -2.11. The molecule has 1 N–H and O–H groups in total. The predicted octanol–water partition coefficient (Wildman–Crippen LogP) is 2.05. The highest BCUT2D eigenvalue weighted by molar-refractivity contribution is 5.41. The fraction of sp³-hybridized carbons (Fsp3) is 0.500. The molecule has 0 saturated carbocycles. The van der Waals surface area contributed by atoms with Gasteiger partial charge >= 0.3 is 0 Å². The van der Waals surface area contributed by atoms with E-state index in [1.165, 1.54) is 6.07 Å². The van der Waals surface area contributed by atoms with Gasteiger partial charge in [-0.05, 0) is 31.0 Å². The highest BCUT2D eigenvalue weighted by Crippen LogP contribution is 2.41. The smallest absolute Gasteiger partial charge is 0.165 e. The Labute approximate surface area is 92.6 Å². The van der Waals surface area contributed by atoms with E-state index >= 15 is 0 Å². The van der Waals surface area contributed by atoms with Gasteiger partial charge in [0.25, 0.3) is 0 Å². The summed E-state index contributed by atoms with van der Waals surface area (Å²) in [6.45, 7) is 2.04. The van der Waals surface area contributed by atoms with E-state index in [2.05, 4.69) is 5.32 Å². The Bertz CT molecular complexity index is 422. The Balaban J connectivity index is 2.15. The molecule has 0 radical (unpaired) electrons. The Kier molecular flexibility index (Phi) is 2.32. The average molecular weight is 225 g/mol. The highest BCUT2D eigenvalue weighted by Gasteiger charge is 2.35. The van der Waals surface area contributed by atoms with Gasteiger partial charge in [-0.15, -0.1) is 0 Å². The molecule has 0 bridgehead atoms. The molecule has 0 aliphatic carbocycles. The van der Waals surface area contributed by atoms with Crippen LogP contribution in [0.3, 0.4) is 0 Å². The van der Waals surface area contributed by atoms with Crippen molar-refractivity contribution in [1.29, 1.82) is 0 Å².